The third-order valence-corrected chi connectivity index (χ3v) is 5.85. The van der Waals surface area contributed by atoms with Crippen molar-refractivity contribution in [2.24, 2.45) is 11.0 Å². The molecule has 3 atom stereocenters. The number of methoxy groups -OCH3 is 1. The van der Waals surface area contributed by atoms with Crippen LogP contribution in [0, 0.1) is 12.8 Å². The predicted octanol–water partition coefficient (Wildman–Crippen LogP) is 3.81. The summed E-state index contributed by atoms with van der Waals surface area (Å²) >= 11 is 0. The van der Waals surface area contributed by atoms with Gasteiger partial charge >= 0.3 is 5.97 Å². The SMILES string of the molecule is COc1ccc([C@@H]2[C@@H]3CCc4ccc(C)cc4C3=NN2C(=O)[C@H](C)OC(C)=O)cc1. The van der Waals surface area contributed by atoms with Crippen LogP contribution in [0.1, 0.15) is 48.6 Å². The van der Waals surface area contributed by atoms with Gasteiger partial charge in [0.1, 0.15) is 5.75 Å². The second kappa shape index (κ2) is 7.94. The summed E-state index contributed by atoms with van der Waals surface area (Å²) in [6.45, 7) is 4.96. The first-order chi connectivity index (χ1) is 14.4. The van der Waals surface area contributed by atoms with Gasteiger partial charge in [0.15, 0.2) is 6.10 Å². The maximum absolute atomic E-state index is 13.2. The van der Waals surface area contributed by atoms with Gasteiger partial charge in [0, 0.05) is 18.4 Å². The lowest BCUT2D eigenvalue weighted by Crippen LogP contribution is -2.38. The van der Waals surface area contributed by atoms with Crippen molar-refractivity contribution in [2.75, 3.05) is 7.11 Å². The summed E-state index contributed by atoms with van der Waals surface area (Å²) in [6.07, 6.45) is 0.940. The monoisotopic (exact) mass is 406 g/mol. The molecule has 2 aromatic carbocycles. The van der Waals surface area contributed by atoms with Gasteiger partial charge in [-0.3, -0.25) is 9.59 Å². The summed E-state index contributed by atoms with van der Waals surface area (Å²) in [7, 11) is 1.63. The van der Waals surface area contributed by atoms with Gasteiger partial charge in [-0.15, -0.1) is 0 Å². The van der Waals surface area contributed by atoms with E-state index in [9.17, 15) is 9.59 Å². The number of esters is 1. The largest absolute Gasteiger partial charge is 0.497 e. The highest BCUT2D eigenvalue weighted by Crippen LogP contribution is 2.44. The van der Waals surface area contributed by atoms with Crippen molar-refractivity contribution in [3.8, 4) is 5.75 Å². The van der Waals surface area contributed by atoms with Gasteiger partial charge in [-0.2, -0.15) is 5.10 Å². The minimum Gasteiger partial charge on any atom is -0.497 e. The summed E-state index contributed by atoms with van der Waals surface area (Å²) in [5.74, 6) is 0.0408. The average molecular weight is 406 g/mol. The Morgan fingerprint density at radius 1 is 1.17 bits per heavy atom. The Morgan fingerprint density at radius 3 is 2.57 bits per heavy atom. The van der Waals surface area contributed by atoms with E-state index >= 15 is 0 Å². The van der Waals surface area contributed by atoms with E-state index in [1.165, 1.54) is 17.5 Å². The summed E-state index contributed by atoms with van der Waals surface area (Å²) in [4.78, 5) is 24.6. The van der Waals surface area contributed by atoms with Gasteiger partial charge in [0.2, 0.25) is 0 Å². The molecule has 0 spiro atoms. The number of hydrazone groups is 1. The maximum Gasteiger partial charge on any atom is 0.303 e. The predicted molar refractivity (Wildman–Crippen MR) is 113 cm³/mol. The van der Waals surface area contributed by atoms with Crippen LogP contribution in [0.4, 0.5) is 0 Å². The van der Waals surface area contributed by atoms with E-state index in [-0.39, 0.29) is 17.9 Å². The van der Waals surface area contributed by atoms with Gasteiger partial charge in [0.05, 0.1) is 18.9 Å². The fourth-order valence-corrected chi connectivity index (χ4v) is 4.42. The maximum atomic E-state index is 13.2. The summed E-state index contributed by atoms with van der Waals surface area (Å²) in [5, 5.41) is 6.32. The molecule has 4 rings (SSSR count). The molecule has 0 saturated carbocycles. The summed E-state index contributed by atoms with van der Waals surface area (Å²) in [5.41, 5.74) is 5.45. The number of hydrogen-bond donors (Lipinski definition) is 0. The van der Waals surface area contributed by atoms with Gasteiger partial charge in [-0.1, -0.05) is 29.8 Å². The standard InChI is InChI=1S/C24H26N2O4/c1-14-5-6-17-9-12-20-22(21(17)13-14)25-26(24(28)15(2)30-16(3)27)23(20)18-7-10-19(29-4)11-8-18/h5-8,10-11,13,15,20,23H,9,12H2,1-4H3/t15-,20+,23+/m0/s1. The lowest BCUT2D eigenvalue weighted by Gasteiger charge is -2.30. The van der Waals surface area contributed by atoms with Crippen LogP contribution in [0.2, 0.25) is 0 Å². The Morgan fingerprint density at radius 2 is 1.90 bits per heavy atom. The number of benzene rings is 2. The van der Waals surface area contributed by atoms with E-state index in [0.29, 0.717) is 0 Å². The lowest BCUT2D eigenvalue weighted by atomic mass is 9.77. The quantitative estimate of drug-likeness (QED) is 0.724. The van der Waals surface area contributed by atoms with Crippen molar-refractivity contribution in [1.29, 1.82) is 0 Å². The number of amides is 1. The van der Waals surface area contributed by atoms with Crippen LogP contribution >= 0.6 is 0 Å². The number of hydrogen-bond acceptors (Lipinski definition) is 5. The third-order valence-electron chi connectivity index (χ3n) is 5.85. The number of carbonyl (C=O) groups excluding carboxylic acids is 2. The molecule has 2 aliphatic rings. The topological polar surface area (TPSA) is 68.2 Å². The van der Waals surface area contributed by atoms with Crippen LogP contribution in [-0.4, -0.2) is 35.8 Å². The smallest absolute Gasteiger partial charge is 0.303 e. The molecule has 0 saturated heterocycles. The molecule has 6 nitrogen and oxygen atoms in total. The molecule has 0 aromatic heterocycles. The fourth-order valence-electron chi connectivity index (χ4n) is 4.42. The Kier molecular flexibility index (Phi) is 5.33. The van der Waals surface area contributed by atoms with E-state index in [4.69, 9.17) is 14.6 Å². The Hall–Kier alpha value is -3.15. The number of carbonyl (C=O) groups is 2. The van der Waals surface area contributed by atoms with Crippen LogP contribution in [-0.2, 0) is 20.7 Å². The molecule has 0 unspecified atom stereocenters. The molecule has 30 heavy (non-hydrogen) atoms. The zero-order chi connectivity index (χ0) is 21.4. The van der Waals surface area contributed by atoms with Gasteiger partial charge in [-0.25, -0.2) is 5.01 Å². The summed E-state index contributed by atoms with van der Waals surface area (Å²) < 4.78 is 10.5. The molecule has 1 aliphatic heterocycles. The zero-order valence-corrected chi connectivity index (χ0v) is 17.7. The highest BCUT2D eigenvalue weighted by Gasteiger charge is 2.45. The second-order valence-corrected chi connectivity index (χ2v) is 7.94. The Bertz CT molecular complexity index is 1010. The molecule has 0 radical (unpaired) electrons. The first kappa shape index (κ1) is 20.1. The zero-order valence-electron chi connectivity index (χ0n) is 17.7. The molecule has 156 valence electrons. The first-order valence-corrected chi connectivity index (χ1v) is 10.2. The van der Waals surface area contributed by atoms with E-state index in [1.54, 1.807) is 14.0 Å². The molecule has 1 aliphatic carbocycles. The Labute approximate surface area is 176 Å². The Balaban J connectivity index is 1.77. The highest BCUT2D eigenvalue weighted by molar-refractivity contribution is 6.07. The van der Waals surface area contributed by atoms with Crippen LogP contribution in [0.5, 0.6) is 5.75 Å². The minimum absolute atomic E-state index is 0.0844. The molecule has 0 N–H and O–H groups in total. The van der Waals surface area contributed by atoms with Crippen molar-refractivity contribution in [1.82, 2.24) is 5.01 Å². The number of ether oxygens (including phenoxy) is 2. The van der Waals surface area contributed by atoms with Crippen molar-refractivity contribution >= 4 is 17.6 Å². The molecule has 0 fully saturated rings. The fraction of sp³-hybridized carbons (Fsp3) is 0.375. The molecule has 1 heterocycles. The van der Waals surface area contributed by atoms with Crippen LogP contribution < -0.4 is 4.74 Å². The first-order valence-electron chi connectivity index (χ1n) is 10.2. The van der Waals surface area contributed by atoms with E-state index < -0.39 is 12.1 Å². The van der Waals surface area contributed by atoms with Crippen LogP contribution in [0.15, 0.2) is 47.6 Å². The van der Waals surface area contributed by atoms with Crippen LogP contribution in [0.3, 0.4) is 0 Å². The number of aryl methyl sites for hydroxylation is 2. The molecule has 6 heteroatoms. The second-order valence-electron chi connectivity index (χ2n) is 7.94. The molecule has 0 bridgehead atoms. The van der Waals surface area contributed by atoms with Crippen LogP contribution in [0.25, 0.3) is 0 Å². The third kappa shape index (κ3) is 3.58. The molecular weight excluding hydrogens is 380 g/mol. The van der Waals surface area contributed by atoms with Gasteiger partial charge in [0.25, 0.3) is 5.91 Å². The number of rotatable bonds is 4. The van der Waals surface area contributed by atoms with Crippen molar-refractivity contribution < 1.29 is 19.1 Å². The number of fused-ring (bicyclic) bond motifs is 3. The summed E-state index contributed by atoms with van der Waals surface area (Å²) in [6, 6.07) is 13.9. The highest BCUT2D eigenvalue weighted by atomic mass is 16.5. The minimum atomic E-state index is -0.898. The van der Waals surface area contributed by atoms with Gasteiger partial charge in [-0.05, 0) is 56.0 Å². The van der Waals surface area contributed by atoms with E-state index in [2.05, 4.69) is 25.1 Å². The van der Waals surface area contributed by atoms with Crippen molar-refractivity contribution in [3.05, 3.63) is 64.7 Å². The van der Waals surface area contributed by atoms with Crippen molar-refractivity contribution in [3.63, 3.8) is 0 Å². The lowest BCUT2D eigenvalue weighted by molar-refractivity contribution is -0.158. The van der Waals surface area contributed by atoms with E-state index in [0.717, 1.165) is 41.0 Å². The normalized spacial score (nSPS) is 20.7. The number of nitrogens with zero attached hydrogens (tertiary/aromatic N) is 2. The average Bonchev–Trinajstić information content (AvgIpc) is 3.12. The van der Waals surface area contributed by atoms with Crippen molar-refractivity contribution in [2.45, 2.75) is 45.8 Å². The molecule has 2 aromatic rings. The van der Waals surface area contributed by atoms with Gasteiger partial charge < -0.3 is 9.47 Å². The molecule has 1 amide bonds. The van der Waals surface area contributed by atoms with E-state index in [1.807, 2.05) is 24.3 Å². The molecular formula is C24H26N2O4.